The number of rotatable bonds is 4. The van der Waals surface area contributed by atoms with Crippen LogP contribution in [0.15, 0.2) is 36.7 Å². The van der Waals surface area contributed by atoms with E-state index in [-0.39, 0.29) is 5.69 Å². The Morgan fingerprint density at radius 1 is 1.28 bits per heavy atom. The number of methoxy groups -OCH3 is 1. The fraction of sp³-hybridized carbons (Fsp3) is 0.154. The summed E-state index contributed by atoms with van der Waals surface area (Å²) in [7, 11) is 1.64. The van der Waals surface area contributed by atoms with E-state index in [4.69, 9.17) is 10.00 Å². The van der Waals surface area contributed by atoms with Crippen LogP contribution >= 0.6 is 0 Å². The first-order valence-corrected chi connectivity index (χ1v) is 5.40. The van der Waals surface area contributed by atoms with Crippen LogP contribution in [0.3, 0.4) is 0 Å². The minimum absolute atomic E-state index is 0.268. The Morgan fingerprint density at radius 2 is 2.06 bits per heavy atom. The van der Waals surface area contributed by atoms with Gasteiger partial charge in [-0.15, -0.1) is 0 Å². The zero-order valence-corrected chi connectivity index (χ0v) is 9.92. The lowest BCUT2D eigenvalue weighted by Crippen LogP contribution is -2.01. The Balaban J connectivity index is 2.31. The lowest BCUT2D eigenvalue weighted by Gasteiger charge is -2.10. The summed E-state index contributed by atoms with van der Waals surface area (Å²) in [6.45, 7) is 0.491. The highest BCUT2D eigenvalue weighted by atomic mass is 16.5. The van der Waals surface area contributed by atoms with E-state index in [9.17, 15) is 0 Å². The summed E-state index contributed by atoms with van der Waals surface area (Å²) in [6, 6.07) is 9.70. The third kappa shape index (κ3) is 2.62. The monoisotopic (exact) mass is 240 g/mol. The molecule has 0 aliphatic rings. The molecule has 0 spiro atoms. The van der Waals surface area contributed by atoms with Crippen molar-refractivity contribution in [3.63, 3.8) is 0 Å². The molecule has 18 heavy (non-hydrogen) atoms. The molecule has 1 N–H and O–H groups in total. The van der Waals surface area contributed by atoms with E-state index in [0.717, 1.165) is 11.3 Å². The molecule has 0 atom stereocenters. The van der Waals surface area contributed by atoms with Crippen molar-refractivity contribution in [1.29, 1.82) is 5.26 Å². The van der Waals surface area contributed by atoms with Crippen molar-refractivity contribution in [2.24, 2.45) is 0 Å². The maximum Gasteiger partial charge on any atom is 0.183 e. The van der Waals surface area contributed by atoms with Crippen molar-refractivity contribution in [1.82, 2.24) is 9.97 Å². The molecule has 1 aromatic carbocycles. The number of benzene rings is 1. The van der Waals surface area contributed by atoms with Crippen LogP contribution in [0.4, 0.5) is 11.5 Å². The fourth-order valence-corrected chi connectivity index (χ4v) is 1.56. The Labute approximate surface area is 105 Å². The number of hydrogen-bond acceptors (Lipinski definition) is 5. The Morgan fingerprint density at radius 3 is 2.83 bits per heavy atom. The largest absolute Gasteiger partial charge is 0.380 e. The molecule has 0 amide bonds. The predicted molar refractivity (Wildman–Crippen MR) is 67.2 cm³/mol. The molecule has 2 aromatic rings. The van der Waals surface area contributed by atoms with E-state index in [1.54, 1.807) is 13.3 Å². The smallest absolute Gasteiger partial charge is 0.183 e. The van der Waals surface area contributed by atoms with Crippen LogP contribution in [0.5, 0.6) is 0 Å². The lowest BCUT2D eigenvalue weighted by atomic mass is 10.2. The summed E-state index contributed by atoms with van der Waals surface area (Å²) in [6.07, 6.45) is 3.03. The SMILES string of the molecule is COCc1ccccc1Nc1nccnc1C#N. The Kier molecular flexibility index (Phi) is 3.84. The first-order valence-electron chi connectivity index (χ1n) is 5.40. The van der Waals surface area contributed by atoms with E-state index in [0.29, 0.717) is 12.4 Å². The number of aromatic nitrogens is 2. The van der Waals surface area contributed by atoms with Crippen molar-refractivity contribution in [3.8, 4) is 6.07 Å². The van der Waals surface area contributed by atoms with Gasteiger partial charge in [0.15, 0.2) is 11.5 Å². The van der Waals surface area contributed by atoms with Crippen LogP contribution in [-0.4, -0.2) is 17.1 Å². The highest BCUT2D eigenvalue weighted by Gasteiger charge is 2.07. The van der Waals surface area contributed by atoms with Crippen LogP contribution in [0.1, 0.15) is 11.3 Å². The Bertz CT molecular complexity index is 577. The zero-order valence-electron chi connectivity index (χ0n) is 9.92. The van der Waals surface area contributed by atoms with Crippen LogP contribution < -0.4 is 5.32 Å². The predicted octanol–water partition coefficient (Wildman–Crippen LogP) is 2.24. The molecule has 0 fully saturated rings. The van der Waals surface area contributed by atoms with Crippen LogP contribution in [0, 0.1) is 11.3 Å². The minimum atomic E-state index is 0.268. The molecule has 1 heterocycles. The van der Waals surface area contributed by atoms with Gasteiger partial charge >= 0.3 is 0 Å². The van der Waals surface area contributed by atoms with Gasteiger partial charge in [-0.3, -0.25) is 0 Å². The molecule has 5 nitrogen and oxygen atoms in total. The molecule has 0 aliphatic carbocycles. The first kappa shape index (κ1) is 12.0. The van der Waals surface area contributed by atoms with E-state index in [1.165, 1.54) is 6.20 Å². The molecule has 0 aliphatic heterocycles. The average molecular weight is 240 g/mol. The van der Waals surface area contributed by atoms with Gasteiger partial charge in [0, 0.05) is 30.8 Å². The van der Waals surface area contributed by atoms with E-state index < -0.39 is 0 Å². The molecule has 0 saturated carbocycles. The number of para-hydroxylation sites is 1. The van der Waals surface area contributed by atoms with Gasteiger partial charge in [0.05, 0.1) is 6.61 Å². The summed E-state index contributed by atoms with van der Waals surface area (Å²) < 4.78 is 5.12. The summed E-state index contributed by atoms with van der Waals surface area (Å²) in [5.41, 5.74) is 2.12. The highest BCUT2D eigenvalue weighted by molar-refractivity contribution is 5.63. The molecule has 0 saturated heterocycles. The van der Waals surface area contributed by atoms with Gasteiger partial charge in [-0.2, -0.15) is 5.26 Å². The van der Waals surface area contributed by atoms with E-state index >= 15 is 0 Å². The molecule has 1 aromatic heterocycles. The van der Waals surface area contributed by atoms with Crippen molar-refractivity contribution < 1.29 is 4.74 Å². The minimum Gasteiger partial charge on any atom is -0.380 e. The van der Waals surface area contributed by atoms with Crippen LogP contribution in [0.2, 0.25) is 0 Å². The summed E-state index contributed by atoms with van der Waals surface area (Å²) in [5, 5.41) is 12.1. The van der Waals surface area contributed by atoms with Crippen molar-refractivity contribution >= 4 is 11.5 Å². The maximum absolute atomic E-state index is 8.95. The zero-order chi connectivity index (χ0) is 12.8. The summed E-state index contributed by atoms with van der Waals surface area (Å²) >= 11 is 0. The number of nitrogens with zero attached hydrogens (tertiary/aromatic N) is 3. The van der Waals surface area contributed by atoms with Gasteiger partial charge in [-0.25, -0.2) is 9.97 Å². The third-order valence-corrected chi connectivity index (χ3v) is 2.37. The number of hydrogen-bond donors (Lipinski definition) is 1. The first-order chi connectivity index (χ1) is 8.85. The number of nitrogens with one attached hydrogen (secondary N) is 1. The molecule has 0 unspecified atom stereocenters. The van der Waals surface area contributed by atoms with E-state index in [2.05, 4.69) is 15.3 Å². The Hall–Kier alpha value is -2.45. The van der Waals surface area contributed by atoms with Gasteiger partial charge in [0.25, 0.3) is 0 Å². The van der Waals surface area contributed by atoms with Crippen LogP contribution in [0.25, 0.3) is 0 Å². The summed E-state index contributed by atoms with van der Waals surface area (Å²) in [4.78, 5) is 8.06. The van der Waals surface area contributed by atoms with Crippen molar-refractivity contribution in [3.05, 3.63) is 47.9 Å². The van der Waals surface area contributed by atoms with Gasteiger partial charge in [0.1, 0.15) is 6.07 Å². The lowest BCUT2D eigenvalue weighted by molar-refractivity contribution is 0.185. The maximum atomic E-state index is 8.95. The second-order valence-corrected chi connectivity index (χ2v) is 3.58. The molecular formula is C13H12N4O. The number of ether oxygens (including phenoxy) is 1. The van der Waals surface area contributed by atoms with Gasteiger partial charge < -0.3 is 10.1 Å². The second kappa shape index (κ2) is 5.75. The van der Waals surface area contributed by atoms with Crippen molar-refractivity contribution in [2.45, 2.75) is 6.61 Å². The van der Waals surface area contributed by atoms with Gasteiger partial charge in [0.2, 0.25) is 0 Å². The van der Waals surface area contributed by atoms with Crippen LogP contribution in [-0.2, 0) is 11.3 Å². The normalized spacial score (nSPS) is 9.78. The molecule has 2 rings (SSSR count). The molecule has 5 heteroatoms. The molecular weight excluding hydrogens is 228 g/mol. The molecule has 0 bridgehead atoms. The molecule has 0 radical (unpaired) electrons. The summed E-state index contributed by atoms with van der Waals surface area (Å²) in [5.74, 6) is 0.448. The third-order valence-electron chi connectivity index (χ3n) is 2.37. The topological polar surface area (TPSA) is 70.8 Å². The standard InChI is InChI=1S/C13H12N4O/c1-18-9-10-4-2-3-5-11(10)17-13-12(8-14)15-6-7-16-13/h2-7H,9H2,1H3,(H,16,17). The number of anilines is 2. The highest BCUT2D eigenvalue weighted by Crippen LogP contribution is 2.21. The van der Waals surface area contributed by atoms with Crippen molar-refractivity contribution in [2.75, 3.05) is 12.4 Å². The van der Waals surface area contributed by atoms with Gasteiger partial charge in [-0.1, -0.05) is 18.2 Å². The molecule has 90 valence electrons. The fourth-order valence-electron chi connectivity index (χ4n) is 1.56. The second-order valence-electron chi connectivity index (χ2n) is 3.58. The number of nitriles is 1. The quantitative estimate of drug-likeness (QED) is 0.887. The average Bonchev–Trinajstić information content (AvgIpc) is 2.42. The van der Waals surface area contributed by atoms with E-state index in [1.807, 2.05) is 30.3 Å². The van der Waals surface area contributed by atoms with Gasteiger partial charge in [-0.05, 0) is 6.07 Å².